The molecule has 1 aliphatic rings. The molecular formula is C22H20N2O. The van der Waals surface area contributed by atoms with Crippen molar-refractivity contribution >= 4 is 6.21 Å². The van der Waals surface area contributed by atoms with Crippen LogP contribution in [0.3, 0.4) is 0 Å². The summed E-state index contributed by atoms with van der Waals surface area (Å²) in [5.41, 5.74) is 3.78. The van der Waals surface area contributed by atoms with Crippen molar-refractivity contribution < 1.29 is 4.74 Å². The molecule has 3 heteroatoms. The number of hydrogen-bond acceptors (Lipinski definition) is 3. The summed E-state index contributed by atoms with van der Waals surface area (Å²) in [6, 6.07) is 13.8. The lowest BCUT2D eigenvalue weighted by Crippen LogP contribution is -2.00. The molecule has 0 spiro atoms. The van der Waals surface area contributed by atoms with E-state index in [-0.39, 0.29) is 0 Å². The normalized spacial score (nSPS) is 13.9. The van der Waals surface area contributed by atoms with Crippen LogP contribution in [-0.4, -0.2) is 11.2 Å². The van der Waals surface area contributed by atoms with E-state index in [9.17, 15) is 0 Å². The maximum Gasteiger partial charge on any atom is 0.128 e. The van der Waals surface area contributed by atoms with Crippen molar-refractivity contribution in [2.45, 2.75) is 12.8 Å². The standard InChI is InChI=1S/C22H20N2O/c1-3-13-23-17(2)18-8-6-10-20(15-18)25-21-11-7-9-19(16-21)22-12-4-5-14-24-22/h3-5,7,9-16H,1-2,6,8H2. The fourth-order valence-corrected chi connectivity index (χ4v) is 2.59. The molecule has 3 rings (SSSR count). The SMILES string of the molecule is C=CC=NC(=C)C1=CC(Oc2cccc(-c3ccccn3)c2)=CCC1. The molecule has 0 saturated carbocycles. The van der Waals surface area contributed by atoms with Gasteiger partial charge in [0.25, 0.3) is 0 Å². The molecule has 1 aliphatic carbocycles. The molecule has 2 aromatic rings. The molecule has 1 aromatic carbocycles. The van der Waals surface area contributed by atoms with E-state index in [1.807, 2.05) is 48.5 Å². The molecule has 1 aromatic heterocycles. The van der Waals surface area contributed by atoms with Gasteiger partial charge in [-0.2, -0.15) is 0 Å². The molecule has 0 fully saturated rings. The highest BCUT2D eigenvalue weighted by atomic mass is 16.5. The Morgan fingerprint density at radius 2 is 2.12 bits per heavy atom. The molecule has 1 heterocycles. The highest BCUT2D eigenvalue weighted by Crippen LogP contribution is 2.27. The Hall–Kier alpha value is -3.20. The Kier molecular flexibility index (Phi) is 5.37. The molecule has 0 amide bonds. The van der Waals surface area contributed by atoms with Crippen LogP contribution >= 0.6 is 0 Å². The molecule has 0 atom stereocenters. The van der Waals surface area contributed by atoms with Crippen molar-refractivity contribution in [1.82, 2.24) is 4.98 Å². The first-order chi connectivity index (χ1) is 12.3. The minimum atomic E-state index is 0.747. The van der Waals surface area contributed by atoms with Gasteiger partial charge < -0.3 is 4.74 Å². The Labute approximate surface area is 148 Å². The summed E-state index contributed by atoms with van der Waals surface area (Å²) in [6.45, 7) is 7.64. The van der Waals surface area contributed by atoms with Gasteiger partial charge in [-0.05, 0) is 54.8 Å². The van der Waals surface area contributed by atoms with Gasteiger partial charge in [0.2, 0.25) is 0 Å². The lowest BCUT2D eigenvalue weighted by Gasteiger charge is -2.15. The number of benzene rings is 1. The monoisotopic (exact) mass is 328 g/mol. The van der Waals surface area contributed by atoms with Crippen LogP contribution in [-0.2, 0) is 0 Å². The Morgan fingerprint density at radius 1 is 1.20 bits per heavy atom. The van der Waals surface area contributed by atoms with Crippen LogP contribution in [0.15, 0.2) is 102 Å². The average Bonchev–Trinajstić information content (AvgIpc) is 2.67. The fraction of sp³-hybridized carbons (Fsp3) is 0.0909. The predicted octanol–water partition coefficient (Wildman–Crippen LogP) is 5.50. The van der Waals surface area contributed by atoms with E-state index in [1.54, 1.807) is 18.5 Å². The zero-order valence-electron chi connectivity index (χ0n) is 14.1. The average molecular weight is 328 g/mol. The Morgan fingerprint density at radius 3 is 2.92 bits per heavy atom. The quantitative estimate of drug-likeness (QED) is 0.656. The van der Waals surface area contributed by atoms with Crippen LogP contribution in [0.1, 0.15) is 12.8 Å². The van der Waals surface area contributed by atoms with Gasteiger partial charge in [-0.15, -0.1) is 0 Å². The molecular weight excluding hydrogens is 308 g/mol. The fourth-order valence-electron chi connectivity index (χ4n) is 2.59. The first-order valence-electron chi connectivity index (χ1n) is 8.20. The van der Waals surface area contributed by atoms with E-state index < -0.39 is 0 Å². The molecule has 3 nitrogen and oxygen atoms in total. The van der Waals surface area contributed by atoms with Crippen molar-refractivity contribution in [3.63, 3.8) is 0 Å². The van der Waals surface area contributed by atoms with E-state index in [0.29, 0.717) is 0 Å². The summed E-state index contributed by atoms with van der Waals surface area (Å²) in [5, 5.41) is 0. The number of ether oxygens (including phenoxy) is 1. The van der Waals surface area contributed by atoms with Crippen LogP contribution in [0.5, 0.6) is 5.75 Å². The van der Waals surface area contributed by atoms with Crippen LogP contribution in [0.25, 0.3) is 11.3 Å². The Bertz CT molecular complexity index is 861. The van der Waals surface area contributed by atoms with Crippen LogP contribution in [0, 0.1) is 0 Å². The topological polar surface area (TPSA) is 34.5 Å². The zero-order valence-corrected chi connectivity index (χ0v) is 14.1. The van der Waals surface area contributed by atoms with Gasteiger partial charge in [0.15, 0.2) is 0 Å². The van der Waals surface area contributed by atoms with Gasteiger partial charge in [0.1, 0.15) is 11.5 Å². The van der Waals surface area contributed by atoms with Crippen molar-refractivity contribution in [3.05, 3.63) is 97.1 Å². The summed E-state index contributed by atoms with van der Waals surface area (Å²) >= 11 is 0. The first kappa shape index (κ1) is 16.7. The number of nitrogens with zero attached hydrogens (tertiary/aromatic N) is 2. The maximum atomic E-state index is 6.05. The summed E-state index contributed by atoms with van der Waals surface area (Å²) < 4.78 is 6.05. The lowest BCUT2D eigenvalue weighted by atomic mass is 10.0. The first-order valence-corrected chi connectivity index (χ1v) is 8.20. The molecule has 0 saturated heterocycles. The lowest BCUT2D eigenvalue weighted by molar-refractivity contribution is 0.438. The van der Waals surface area contributed by atoms with E-state index in [0.717, 1.165) is 46.9 Å². The van der Waals surface area contributed by atoms with Gasteiger partial charge in [0, 0.05) is 18.0 Å². The minimum absolute atomic E-state index is 0.747. The minimum Gasteiger partial charge on any atom is -0.458 e. The summed E-state index contributed by atoms with van der Waals surface area (Å²) in [5.74, 6) is 1.60. The third kappa shape index (κ3) is 4.42. The van der Waals surface area contributed by atoms with Gasteiger partial charge in [0.05, 0.1) is 11.4 Å². The van der Waals surface area contributed by atoms with Crippen LogP contribution in [0.2, 0.25) is 0 Å². The number of rotatable bonds is 6. The number of aliphatic imine (C=N–C) groups is 1. The second-order valence-electron chi connectivity index (χ2n) is 5.62. The molecule has 0 radical (unpaired) electrons. The van der Waals surface area contributed by atoms with Crippen molar-refractivity contribution in [1.29, 1.82) is 0 Å². The van der Waals surface area contributed by atoms with Crippen molar-refractivity contribution in [2.75, 3.05) is 0 Å². The highest BCUT2D eigenvalue weighted by molar-refractivity contribution is 5.72. The molecule has 0 bridgehead atoms. The molecule has 0 aliphatic heterocycles. The number of aromatic nitrogens is 1. The predicted molar refractivity (Wildman–Crippen MR) is 104 cm³/mol. The van der Waals surface area contributed by atoms with Gasteiger partial charge in [-0.1, -0.05) is 37.4 Å². The zero-order chi connectivity index (χ0) is 17.5. The van der Waals surface area contributed by atoms with Gasteiger partial charge in [-0.25, -0.2) is 0 Å². The summed E-state index contributed by atoms with van der Waals surface area (Å²) in [6.07, 6.45) is 11.0. The molecule has 124 valence electrons. The third-order valence-corrected chi connectivity index (χ3v) is 3.81. The molecule has 25 heavy (non-hydrogen) atoms. The molecule has 0 unspecified atom stereocenters. The summed E-state index contributed by atoms with van der Waals surface area (Å²) in [4.78, 5) is 8.65. The second-order valence-corrected chi connectivity index (χ2v) is 5.62. The number of allylic oxidation sites excluding steroid dienone is 4. The van der Waals surface area contributed by atoms with Crippen molar-refractivity contribution in [3.8, 4) is 17.0 Å². The van der Waals surface area contributed by atoms with Crippen LogP contribution < -0.4 is 4.74 Å². The van der Waals surface area contributed by atoms with Gasteiger partial charge in [-0.3, -0.25) is 9.98 Å². The Balaban J connectivity index is 1.77. The van der Waals surface area contributed by atoms with E-state index in [1.165, 1.54) is 0 Å². The maximum absolute atomic E-state index is 6.05. The van der Waals surface area contributed by atoms with E-state index >= 15 is 0 Å². The summed E-state index contributed by atoms with van der Waals surface area (Å²) in [7, 11) is 0. The van der Waals surface area contributed by atoms with Crippen molar-refractivity contribution in [2.24, 2.45) is 4.99 Å². The second kappa shape index (κ2) is 8.06. The highest BCUT2D eigenvalue weighted by Gasteiger charge is 2.10. The van der Waals surface area contributed by atoms with E-state index in [4.69, 9.17) is 4.74 Å². The largest absolute Gasteiger partial charge is 0.458 e. The smallest absolute Gasteiger partial charge is 0.128 e. The number of pyridine rings is 1. The van der Waals surface area contributed by atoms with Gasteiger partial charge >= 0.3 is 0 Å². The van der Waals surface area contributed by atoms with E-state index in [2.05, 4.69) is 29.2 Å². The molecule has 0 N–H and O–H groups in total. The number of hydrogen-bond donors (Lipinski definition) is 0. The van der Waals surface area contributed by atoms with Crippen LogP contribution in [0.4, 0.5) is 0 Å². The third-order valence-electron chi connectivity index (χ3n) is 3.81.